The Morgan fingerprint density at radius 1 is 1.32 bits per heavy atom. The van der Waals surface area contributed by atoms with Crippen LogP contribution in [-0.4, -0.2) is 24.2 Å². The molecule has 1 unspecified atom stereocenters. The lowest BCUT2D eigenvalue weighted by Gasteiger charge is -2.26. The minimum Gasteiger partial charge on any atom is -0.381 e. The maximum absolute atomic E-state index is 5.41. The van der Waals surface area contributed by atoms with E-state index in [1.807, 2.05) is 11.3 Å². The molecule has 0 aliphatic carbocycles. The van der Waals surface area contributed by atoms with Crippen LogP contribution < -0.4 is 5.32 Å². The summed E-state index contributed by atoms with van der Waals surface area (Å²) in [5, 5.41) is 4.97. The Morgan fingerprint density at radius 2 is 1.95 bits per heavy atom. The van der Waals surface area contributed by atoms with Gasteiger partial charge in [0, 0.05) is 35.6 Å². The van der Waals surface area contributed by atoms with E-state index in [0.717, 1.165) is 26.1 Å². The molecule has 1 aliphatic rings. The van der Waals surface area contributed by atoms with E-state index in [0.29, 0.717) is 12.1 Å². The zero-order valence-electron chi connectivity index (χ0n) is 12.7. The Bertz CT molecular complexity index is 416. The van der Waals surface area contributed by atoms with Crippen LogP contribution in [0, 0.1) is 6.92 Å². The van der Waals surface area contributed by atoms with Gasteiger partial charge in [-0.2, -0.15) is 0 Å². The fourth-order valence-electron chi connectivity index (χ4n) is 2.42. The molecule has 4 heteroatoms. The monoisotopic (exact) mass is 282 g/mol. The molecule has 0 bridgehead atoms. The molecule has 19 heavy (non-hydrogen) atoms. The molecule has 1 saturated heterocycles. The van der Waals surface area contributed by atoms with Gasteiger partial charge in [-0.25, -0.2) is 4.98 Å². The smallest absolute Gasteiger partial charge is 0.0985 e. The van der Waals surface area contributed by atoms with Gasteiger partial charge in [-0.3, -0.25) is 0 Å². The average molecular weight is 282 g/mol. The number of thiazole rings is 1. The van der Waals surface area contributed by atoms with Crippen molar-refractivity contribution in [2.75, 3.05) is 13.2 Å². The SMILES string of the molecule is Cc1nc(C(C)(C)C)sc1C(C)NC1CCOCC1. The summed E-state index contributed by atoms with van der Waals surface area (Å²) in [4.78, 5) is 6.14. The number of aromatic nitrogens is 1. The summed E-state index contributed by atoms with van der Waals surface area (Å²) >= 11 is 1.86. The van der Waals surface area contributed by atoms with Crippen LogP contribution in [0.15, 0.2) is 0 Å². The average Bonchev–Trinajstić information content (AvgIpc) is 2.72. The van der Waals surface area contributed by atoms with Crippen molar-refractivity contribution in [2.24, 2.45) is 0 Å². The van der Waals surface area contributed by atoms with Gasteiger partial charge in [0.15, 0.2) is 0 Å². The molecule has 1 aliphatic heterocycles. The van der Waals surface area contributed by atoms with E-state index in [-0.39, 0.29) is 5.41 Å². The van der Waals surface area contributed by atoms with Crippen LogP contribution in [0.1, 0.15) is 62.2 Å². The minimum atomic E-state index is 0.145. The van der Waals surface area contributed by atoms with E-state index in [1.165, 1.54) is 15.6 Å². The summed E-state index contributed by atoms with van der Waals surface area (Å²) in [6, 6.07) is 0.972. The highest BCUT2D eigenvalue weighted by Crippen LogP contribution is 2.32. The van der Waals surface area contributed by atoms with Gasteiger partial charge in [0.25, 0.3) is 0 Å². The Kier molecular flexibility index (Phi) is 4.64. The van der Waals surface area contributed by atoms with E-state index in [1.54, 1.807) is 0 Å². The first kappa shape index (κ1) is 14.9. The summed E-state index contributed by atoms with van der Waals surface area (Å²) in [5.74, 6) is 0. The van der Waals surface area contributed by atoms with Gasteiger partial charge in [0.1, 0.15) is 0 Å². The number of aryl methyl sites for hydroxylation is 1. The first-order valence-electron chi connectivity index (χ1n) is 7.19. The molecular weight excluding hydrogens is 256 g/mol. The van der Waals surface area contributed by atoms with Crippen molar-refractivity contribution in [1.82, 2.24) is 10.3 Å². The predicted molar refractivity (Wildman–Crippen MR) is 80.9 cm³/mol. The van der Waals surface area contributed by atoms with Gasteiger partial charge >= 0.3 is 0 Å². The Hall–Kier alpha value is -0.450. The van der Waals surface area contributed by atoms with E-state index < -0.39 is 0 Å². The molecule has 108 valence electrons. The molecule has 0 spiro atoms. The van der Waals surface area contributed by atoms with Gasteiger partial charge in [0.05, 0.1) is 10.7 Å². The normalized spacial score (nSPS) is 19.6. The maximum atomic E-state index is 5.41. The van der Waals surface area contributed by atoms with Crippen molar-refractivity contribution in [3.63, 3.8) is 0 Å². The second-order valence-electron chi connectivity index (χ2n) is 6.49. The van der Waals surface area contributed by atoms with Crippen LogP contribution in [0.3, 0.4) is 0 Å². The van der Waals surface area contributed by atoms with Crippen LogP contribution >= 0.6 is 11.3 Å². The predicted octanol–water partition coefficient (Wildman–Crippen LogP) is 3.58. The standard InChI is InChI=1S/C15H26N2OS/c1-10(16-12-6-8-18-9-7-12)13-11(2)17-14(19-13)15(3,4)5/h10,12,16H,6-9H2,1-5H3. The van der Waals surface area contributed by atoms with Crippen molar-refractivity contribution in [2.45, 2.75) is 65.0 Å². The molecule has 1 aromatic rings. The first-order valence-corrected chi connectivity index (χ1v) is 8.01. The second kappa shape index (κ2) is 5.90. The van der Waals surface area contributed by atoms with Crippen LogP contribution in [-0.2, 0) is 10.2 Å². The summed E-state index contributed by atoms with van der Waals surface area (Å²) < 4.78 is 5.41. The molecule has 0 aromatic carbocycles. The van der Waals surface area contributed by atoms with Gasteiger partial charge in [-0.15, -0.1) is 11.3 Å². The summed E-state index contributed by atoms with van der Waals surface area (Å²) in [7, 11) is 0. The van der Waals surface area contributed by atoms with Crippen LogP contribution in [0.2, 0.25) is 0 Å². The van der Waals surface area contributed by atoms with Crippen molar-refractivity contribution in [1.29, 1.82) is 0 Å². The van der Waals surface area contributed by atoms with Crippen LogP contribution in [0.4, 0.5) is 0 Å². The first-order chi connectivity index (χ1) is 8.88. The summed E-state index contributed by atoms with van der Waals surface area (Å²) in [6.45, 7) is 12.8. The Balaban J connectivity index is 2.06. The Labute approximate surface area is 120 Å². The van der Waals surface area contributed by atoms with Crippen molar-refractivity contribution >= 4 is 11.3 Å². The van der Waals surface area contributed by atoms with Gasteiger partial charge in [-0.05, 0) is 26.7 Å². The van der Waals surface area contributed by atoms with E-state index >= 15 is 0 Å². The largest absolute Gasteiger partial charge is 0.381 e. The lowest BCUT2D eigenvalue weighted by Crippen LogP contribution is -2.36. The zero-order chi connectivity index (χ0) is 14.0. The summed E-state index contributed by atoms with van der Waals surface area (Å²) in [6.07, 6.45) is 2.24. The summed E-state index contributed by atoms with van der Waals surface area (Å²) in [5.41, 5.74) is 1.33. The third-order valence-electron chi connectivity index (χ3n) is 3.57. The van der Waals surface area contributed by atoms with Crippen molar-refractivity contribution in [3.05, 3.63) is 15.6 Å². The molecule has 0 radical (unpaired) electrons. The topological polar surface area (TPSA) is 34.2 Å². The lowest BCUT2D eigenvalue weighted by molar-refractivity contribution is 0.0755. The number of hydrogen-bond donors (Lipinski definition) is 1. The highest BCUT2D eigenvalue weighted by Gasteiger charge is 2.24. The molecule has 1 fully saturated rings. The zero-order valence-corrected chi connectivity index (χ0v) is 13.6. The molecular formula is C15H26N2OS. The molecule has 0 saturated carbocycles. The van der Waals surface area contributed by atoms with Gasteiger partial charge in [0.2, 0.25) is 0 Å². The van der Waals surface area contributed by atoms with Crippen LogP contribution in [0.5, 0.6) is 0 Å². The number of rotatable bonds is 3. The number of hydrogen-bond acceptors (Lipinski definition) is 4. The molecule has 2 heterocycles. The Morgan fingerprint density at radius 3 is 2.47 bits per heavy atom. The van der Waals surface area contributed by atoms with E-state index in [4.69, 9.17) is 9.72 Å². The van der Waals surface area contributed by atoms with Crippen molar-refractivity contribution in [3.8, 4) is 0 Å². The molecule has 3 nitrogen and oxygen atoms in total. The lowest BCUT2D eigenvalue weighted by atomic mass is 9.98. The molecule has 1 atom stereocenters. The van der Waals surface area contributed by atoms with Gasteiger partial charge < -0.3 is 10.1 Å². The van der Waals surface area contributed by atoms with E-state index in [9.17, 15) is 0 Å². The third kappa shape index (κ3) is 3.77. The maximum Gasteiger partial charge on any atom is 0.0985 e. The van der Waals surface area contributed by atoms with Crippen molar-refractivity contribution < 1.29 is 4.74 Å². The second-order valence-corrected chi connectivity index (χ2v) is 7.52. The quantitative estimate of drug-likeness (QED) is 0.920. The fourth-order valence-corrected chi connectivity index (χ4v) is 3.56. The fraction of sp³-hybridized carbons (Fsp3) is 0.800. The highest BCUT2D eigenvalue weighted by molar-refractivity contribution is 7.12. The molecule has 1 aromatic heterocycles. The highest BCUT2D eigenvalue weighted by atomic mass is 32.1. The molecule has 2 rings (SSSR count). The molecule has 1 N–H and O–H groups in total. The van der Waals surface area contributed by atoms with E-state index in [2.05, 4.69) is 39.9 Å². The minimum absolute atomic E-state index is 0.145. The number of nitrogens with zero attached hydrogens (tertiary/aromatic N) is 1. The van der Waals surface area contributed by atoms with Crippen LogP contribution in [0.25, 0.3) is 0 Å². The number of nitrogens with one attached hydrogen (secondary N) is 1. The van der Waals surface area contributed by atoms with Gasteiger partial charge in [-0.1, -0.05) is 20.8 Å². The third-order valence-corrected chi connectivity index (χ3v) is 5.34. The molecule has 0 amide bonds. The number of ether oxygens (including phenoxy) is 1.